The number of nitrogens with one attached hydrogen (secondary N) is 1. The highest BCUT2D eigenvalue weighted by atomic mass is 19.1. The van der Waals surface area contributed by atoms with E-state index in [-0.39, 0.29) is 22.7 Å². The Hall–Kier alpha value is -1.62. The second-order valence-electron chi connectivity index (χ2n) is 7.39. The Morgan fingerprint density at radius 3 is 2.78 bits per heavy atom. The molecule has 0 radical (unpaired) electrons. The van der Waals surface area contributed by atoms with Crippen molar-refractivity contribution in [2.24, 2.45) is 5.41 Å². The summed E-state index contributed by atoms with van der Waals surface area (Å²) in [5.74, 6) is -0.164. The van der Waals surface area contributed by atoms with Crippen LogP contribution in [-0.4, -0.2) is 43.8 Å². The number of hydrogen-bond acceptors (Lipinski definition) is 2. The average Bonchev–Trinajstić information content (AvgIpc) is 3.02. The average molecular weight is 318 g/mol. The highest BCUT2D eigenvalue weighted by molar-refractivity contribution is 5.75. The smallest absolute Gasteiger partial charge is 0.317 e. The summed E-state index contributed by atoms with van der Waals surface area (Å²) in [5.41, 5.74) is 0.720. The molecule has 2 heterocycles. The van der Waals surface area contributed by atoms with Crippen molar-refractivity contribution in [3.8, 4) is 0 Å². The third-order valence-corrected chi connectivity index (χ3v) is 5.79. The molecule has 124 valence electrons. The minimum Gasteiger partial charge on any atom is -0.381 e. The second-order valence-corrected chi connectivity index (χ2v) is 7.39. The van der Waals surface area contributed by atoms with Crippen molar-refractivity contribution in [3.05, 3.63) is 35.6 Å². The molecule has 2 aliphatic heterocycles. The van der Waals surface area contributed by atoms with Crippen LogP contribution in [0.25, 0.3) is 0 Å². The van der Waals surface area contributed by atoms with Crippen LogP contribution in [0.15, 0.2) is 24.3 Å². The zero-order valence-corrected chi connectivity index (χ0v) is 13.3. The van der Waals surface area contributed by atoms with E-state index in [1.54, 1.807) is 6.07 Å². The van der Waals surface area contributed by atoms with Crippen LogP contribution in [0.2, 0.25) is 0 Å². The first-order valence-corrected chi connectivity index (χ1v) is 8.48. The number of rotatable bonds is 3. The molecule has 1 atom stereocenters. The Bertz CT molecular complexity index is 609. The Kier molecular flexibility index (Phi) is 3.56. The van der Waals surface area contributed by atoms with Crippen LogP contribution < -0.4 is 5.32 Å². The molecule has 3 aliphatic rings. The van der Waals surface area contributed by atoms with Crippen LogP contribution in [0.4, 0.5) is 9.18 Å². The zero-order valence-electron chi connectivity index (χ0n) is 13.3. The van der Waals surface area contributed by atoms with Crippen LogP contribution in [0.3, 0.4) is 0 Å². The molecule has 1 aromatic carbocycles. The quantitative estimate of drug-likeness (QED) is 0.931. The minimum absolute atomic E-state index is 0.0172. The van der Waals surface area contributed by atoms with Crippen LogP contribution in [0, 0.1) is 11.2 Å². The highest BCUT2D eigenvalue weighted by Gasteiger charge is 2.47. The lowest BCUT2D eigenvalue weighted by Crippen LogP contribution is -2.43. The van der Waals surface area contributed by atoms with Gasteiger partial charge in [0.15, 0.2) is 0 Å². The van der Waals surface area contributed by atoms with Crippen molar-refractivity contribution in [2.45, 2.75) is 31.1 Å². The third-order valence-electron chi connectivity index (χ3n) is 5.79. The summed E-state index contributed by atoms with van der Waals surface area (Å²) in [5, 5.41) is 3.04. The van der Waals surface area contributed by atoms with Gasteiger partial charge in [-0.15, -0.1) is 0 Å². The molecule has 4 nitrogen and oxygen atoms in total. The lowest BCUT2D eigenvalue weighted by molar-refractivity contribution is 0.152. The summed E-state index contributed by atoms with van der Waals surface area (Å²) in [7, 11) is 0. The first-order valence-electron chi connectivity index (χ1n) is 8.48. The molecule has 3 fully saturated rings. The molecule has 5 heteroatoms. The Morgan fingerprint density at radius 2 is 2.09 bits per heavy atom. The third kappa shape index (κ3) is 2.71. The second kappa shape index (κ2) is 5.48. The summed E-state index contributed by atoms with van der Waals surface area (Å²) in [6.07, 6.45) is 3.95. The summed E-state index contributed by atoms with van der Waals surface area (Å²) in [6.45, 7) is 3.68. The van der Waals surface area contributed by atoms with Gasteiger partial charge in [-0.2, -0.15) is 0 Å². The van der Waals surface area contributed by atoms with Gasteiger partial charge in [0.2, 0.25) is 0 Å². The number of halogens is 1. The monoisotopic (exact) mass is 318 g/mol. The van der Waals surface area contributed by atoms with Crippen LogP contribution in [0.1, 0.15) is 31.2 Å². The fraction of sp³-hybridized carbons (Fsp3) is 0.611. The topological polar surface area (TPSA) is 41.6 Å². The molecule has 1 saturated carbocycles. The van der Waals surface area contributed by atoms with Gasteiger partial charge in [0.05, 0.1) is 6.61 Å². The standard InChI is InChI=1S/C18H23FN2O2/c19-15-4-2-1-3-14(15)18(5-6-18)11-20-16(22)21-9-7-17(12-21)8-10-23-13-17/h1-4H,5-13H2,(H,20,22)/t17-/m1/s1. The van der Waals surface area contributed by atoms with Crippen LogP contribution >= 0.6 is 0 Å². The molecule has 1 spiro atoms. The molecule has 1 aromatic rings. The van der Waals surface area contributed by atoms with E-state index < -0.39 is 0 Å². The van der Waals surface area contributed by atoms with Crippen molar-refractivity contribution >= 4 is 6.03 Å². The van der Waals surface area contributed by atoms with Gasteiger partial charge in [-0.05, 0) is 37.3 Å². The summed E-state index contributed by atoms with van der Waals surface area (Å²) < 4.78 is 19.5. The van der Waals surface area contributed by atoms with Crippen molar-refractivity contribution in [3.63, 3.8) is 0 Å². The lowest BCUT2D eigenvalue weighted by atomic mass is 9.87. The number of carbonyl (C=O) groups excluding carboxylic acids is 1. The zero-order chi connectivity index (χ0) is 15.9. The van der Waals surface area contributed by atoms with Gasteiger partial charge in [0.25, 0.3) is 0 Å². The maximum Gasteiger partial charge on any atom is 0.317 e. The van der Waals surface area contributed by atoms with Crippen molar-refractivity contribution in [1.82, 2.24) is 10.2 Å². The van der Waals surface area contributed by atoms with E-state index in [2.05, 4.69) is 5.32 Å². The first-order chi connectivity index (χ1) is 11.1. The number of nitrogens with zero attached hydrogens (tertiary/aromatic N) is 1. The van der Waals surface area contributed by atoms with E-state index in [0.717, 1.165) is 57.6 Å². The SMILES string of the molecule is O=C(NCC1(c2ccccc2F)CC1)N1CC[C@@]2(CCOC2)C1. The van der Waals surface area contributed by atoms with Gasteiger partial charge in [-0.1, -0.05) is 18.2 Å². The number of carbonyl (C=O) groups is 1. The molecule has 0 unspecified atom stereocenters. The minimum atomic E-state index is -0.200. The maximum absolute atomic E-state index is 14.0. The van der Waals surface area contributed by atoms with Gasteiger partial charge in [-0.25, -0.2) is 9.18 Å². The summed E-state index contributed by atoms with van der Waals surface area (Å²) in [4.78, 5) is 14.4. The van der Waals surface area contributed by atoms with E-state index in [1.807, 2.05) is 17.0 Å². The van der Waals surface area contributed by atoms with E-state index in [0.29, 0.717) is 6.54 Å². The Morgan fingerprint density at radius 1 is 1.26 bits per heavy atom. The molecule has 2 amide bonds. The van der Waals surface area contributed by atoms with Crippen LogP contribution in [-0.2, 0) is 10.2 Å². The van der Waals surface area contributed by atoms with Gasteiger partial charge in [-0.3, -0.25) is 0 Å². The maximum atomic E-state index is 14.0. The molecular formula is C18H23FN2O2. The number of amides is 2. The molecule has 1 aliphatic carbocycles. The van der Waals surface area contributed by atoms with Crippen molar-refractivity contribution in [1.29, 1.82) is 0 Å². The van der Waals surface area contributed by atoms with E-state index in [4.69, 9.17) is 4.74 Å². The van der Waals surface area contributed by atoms with E-state index in [9.17, 15) is 9.18 Å². The molecular weight excluding hydrogens is 295 g/mol. The van der Waals surface area contributed by atoms with E-state index >= 15 is 0 Å². The largest absolute Gasteiger partial charge is 0.381 e. The predicted molar refractivity (Wildman–Crippen MR) is 84.8 cm³/mol. The number of ether oxygens (including phenoxy) is 1. The highest BCUT2D eigenvalue weighted by Crippen LogP contribution is 2.48. The lowest BCUT2D eigenvalue weighted by Gasteiger charge is -2.24. The fourth-order valence-electron chi connectivity index (χ4n) is 4.02. The van der Waals surface area contributed by atoms with Gasteiger partial charge >= 0.3 is 6.03 Å². The summed E-state index contributed by atoms with van der Waals surface area (Å²) >= 11 is 0. The normalized spacial score (nSPS) is 28.3. The van der Waals surface area contributed by atoms with Gasteiger partial charge < -0.3 is 15.0 Å². The Balaban J connectivity index is 1.36. The van der Waals surface area contributed by atoms with Crippen molar-refractivity contribution < 1.29 is 13.9 Å². The molecule has 23 heavy (non-hydrogen) atoms. The molecule has 0 bridgehead atoms. The molecule has 2 saturated heterocycles. The summed E-state index contributed by atoms with van der Waals surface area (Å²) in [6, 6.07) is 6.90. The molecule has 4 rings (SSSR count). The Labute approximate surface area is 136 Å². The molecule has 1 N–H and O–H groups in total. The number of hydrogen-bond donors (Lipinski definition) is 1. The van der Waals surface area contributed by atoms with Crippen LogP contribution in [0.5, 0.6) is 0 Å². The van der Waals surface area contributed by atoms with Gasteiger partial charge in [0, 0.05) is 37.1 Å². The number of benzene rings is 1. The van der Waals surface area contributed by atoms with Crippen molar-refractivity contribution in [2.75, 3.05) is 32.8 Å². The number of likely N-dealkylation sites (tertiary alicyclic amines) is 1. The number of urea groups is 1. The predicted octanol–water partition coefficient (Wildman–Crippen LogP) is 2.68. The van der Waals surface area contributed by atoms with E-state index in [1.165, 1.54) is 6.07 Å². The molecule has 0 aromatic heterocycles. The first kappa shape index (κ1) is 14.9. The fourth-order valence-corrected chi connectivity index (χ4v) is 4.02. The van der Waals surface area contributed by atoms with Gasteiger partial charge in [0.1, 0.15) is 5.82 Å².